The van der Waals surface area contributed by atoms with Gasteiger partial charge in [0, 0.05) is 5.56 Å². The third-order valence-electron chi connectivity index (χ3n) is 2.82. The van der Waals surface area contributed by atoms with Crippen molar-refractivity contribution in [2.24, 2.45) is 0 Å². The summed E-state index contributed by atoms with van der Waals surface area (Å²) in [5.41, 5.74) is 0.963. The van der Waals surface area contributed by atoms with E-state index in [4.69, 9.17) is 14.2 Å². The molecule has 0 saturated carbocycles. The molecule has 1 aromatic rings. The first-order valence-electron chi connectivity index (χ1n) is 5.99. The van der Waals surface area contributed by atoms with Crippen molar-refractivity contribution >= 4 is 0 Å². The average molecular weight is 250 g/mol. The molecule has 1 aliphatic rings. The Morgan fingerprint density at radius 3 is 2.89 bits per heavy atom. The van der Waals surface area contributed by atoms with Gasteiger partial charge < -0.3 is 19.3 Å². The second-order valence-corrected chi connectivity index (χ2v) is 4.16. The highest BCUT2D eigenvalue weighted by molar-refractivity contribution is 5.16. The lowest BCUT2D eigenvalue weighted by molar-refractivity contribution is -0.255. The molecule has 0 aliphatic carbocycles. The van der Waals surface area contributed by atoms with Gasteiger partial charge in [-0.2, -0.15) is 0 Å². The SMILES string of the molecule is CO/C=C/CC1OC(c2ccccc2)OCC1O. The van der Waals surface area contributed by atoms with Gasteiger partial charge in [0.2, 0.25) is 0 Å². The van der Waals surface area contributed by atoms with E-state index in [1.54, 1.807) is 13.4 Å². The molecule has 0 amide bonds. The highest BCUT2D eigenvalue weighted by Gasteiger charge is 2.30. The summed E-state index contributed by atoms with van der Waals surface area (Å²) in [6.07, 6.45) is 2.74. The van der Waals surface area contributed by atoms with Crippen LogP contribution < -0.4 is 0 Å². The van der Waals surface area contributed by atoms with Gasteiger partial charge in [-0.1, -0.05) is 30.3 Å². The largest absolute Gasteiger partial charge is 0.505 e. The Morgan fingerprint density at radius 1 is 1.39 bits per heavy atom. The maximum absolute atomic E-state index is 9.81. The monoisotopic (exact) mass is 250 g/mol. The summed E-state index contributed by atoms with van der Waals surface area (Å²) in [6.45, 7) is 0.283. The van der Waals surface area contributed by atoms with Crippen LogP contribution in [-0.2, 0) is 14.2 Å². The predicted octanol–water partition coefficient (Wildman–Crippen LogP) is 2.01. The fourth-order valence-corrected chi connectivity index (χ4v) is 1.87. The van der Waals surface area contributed by atoms with Gasteiger partial charge in [-0.05, 0) is 12.5 Å². The minimum atomic E-state index is -0.605. The predicted molar refractivity (Wildman–Crippen MR) is 66.8 cm³/mol. The molecule has 0 bridgehead atoms. The Balaban J connectivity index is 1.98. The van der Waals surface area contributed by atoms with Crippen molar-refractivity contribution in [3.05, 3.63) is 48.2 Å². The Morgan fingerprint density at radius 2 is 2.17 bits per heavy atom. The zero-order chi connectivity index (χ0) is 12.8. The first-order chi connectivity index (χ1) is 8.81. The molecular formula is C14H18O4. The van der Waals surface area contributed by atoms with E-state index in [1.165, 1.54) is 0 Å². The molecule has 4 nitrogen and oxygen atoms in total. The van der Waals surface area contributed by atoms with Crippen molar-refractivity contribution in [3.8, 4) is 0 Å². The van der Waals surface area contributed by atoms with Gasteiger partial charge in [0.05, 0.1) is 26.1 Å². The van der Waals surface area contributed by atoms with Gasteiger partial charge in [-0.15, -0.1) is 0 Å². The molecule has 1 aromatic carbocycles. The van der Waals surface area contributed by atoms with Crippen molar-refractivity contribution in [2.45, 2.75) is 24.9 Å². The van der Waals surface area contributed by atoms with E-state index in [-0.39, 0.29) is 12.7 Å². The van der Waals surface area contributed by atoms with Crippen LogP contribution in [0, 0.1) is 0 Å². The van der Waals surface area contributed by atoms with Gasteiger partial charge >= 0.3 is 0 Å². The van der Waals surface area contributed by atoms with Crippen LogP contribution in [0.5, 0.6) is 0 Å². The van der Waals surface area contributed by atoms with Crippen LogP contribution in [0.15, 0.2) is 42.7 Å². The van der Waals surface area contributed by atoms with Crippen LogP contribution in [-0.4, -0.2) is 31.0 Å². The lowest BCUT2D eigenvalue weighted by atomic mass is 10.1. The fraction of sp³-hybridized carbons (Fsp3) is 0.429. The zero-order valence-corrected chi connectivity index (χ0v) is 10.4. The van der Waals surface area contributed by atoms with Crippen LogP contribution in [0.1, 0.15) is 18.3 Å². The van der Waals surface area contributed by atoms with Crippen molar-refractivity contribution in [3.63, 3.8) is 0 Å². The van der Waals surface area contributed by atoms with Crippen LogP contribution in [0.4, 0.5) is 0 Å². The van der Waals surface area contributed by atoms with E-state index in [9.17, 15) is 5.11 Å². The maximum atomic E-state index is 9.81. The molecule has 1 fully saturated rings. The summed E-state index contributed by atoms with van der Waals surface area (Å²) in [5, 5.41) is 9.81. The van der Waals surface area contributed by atoms with Crippen molar-refractivity contribution in [1.82, 2.24) is 0 Å². The van der Waals surface area contributed by atoms with Crippen LogP contribution in [0.3, 0.4) is 0 Å². The third-order valence-corrected chi connectivity index (χ3v) is 2.82. The third kappa shape index (κ3) is 3.32. The molecule has 4 heteroatoms. The number of aliphatic hydroxyl groups excluding tert-OH is 1. The van der Waals surface area contributed by atoms with E-state index in [0.717, 1.165) is 5.56 Å². The molecule has 2 rings (SSSR count). The van der Waals surface area contributed by atoms with Gasteiger partial charge in [0.15, 0.2) is 6.29 Å². The van der Waals surface area contributed by atoms with Crippen molar-refractivity contribution < 1.29 is 19.3 Å². The highest BCUT2D eigenvalue weighted by Crippen LogP contribution is 2.27. The number of aliphatic hydroxyl groups is 1. The highest BCUT2D eigenvalue weighted by atomic mass is 16.7. The standard InChI is InChI=1S/C14H18O4/c1-16-9-5-8-13-12(15)10-17-14(18-13)11-6-3-2-4-7-11/h2-7,9,12-15H,8,10H2,1H3/b9-5+. The van der Waals surface area contributed by atoms with Crippen LogP contribution in [0.2, 0.25) is 0 Å². The molecule has 0 aromatic heterocycles. The number of ether oxygens (including phenoxy) is 3. The molecule has 0 spiro atoms. The summed E-state index contributed by atoms with van der Waals surface area (Å²) in [4.78, 5) is 0. The van der Waals surface area contributed by atoms with E-state index >= 15 is 0 Å². The van der Waals surface area contributed by atoms with E-state index in [1.807, 2.05) is 36.4 Å². The molecule has 98 valence electrons. The summed E-state index contributed by atoms with van der Waals surface area (Å²) in [5.74, 6) is 0. The number of methoxy groups -OCH3 is 1. The first kappa shape index (κ1) is 13.1. The number of hydrogen-bond donors (Lipinski definition) is 1. The molecule has 1 saturated heterocycles. The normalized spacial score (nSPS) is 28.4. The number of benzene rings is 1. The second-order valence-electron chi connectivity index (χ2n) is 4.16. The molecule has 1 N–H and O–H groups in total. The minimum Gasteiger partial charge on any atom is -0.505 e. The molecule has 18 heavy (non-hydrogen) atoms. The maximum Gasteiger partial charge on any atom is 0.184 e. The smallest absolute Gasteiger partial charge is 0.184 e. The minimum absolute atomic E-state index is 0.268. The number of hydrogen-bond acceptors (Lipinski definition) is 4. The summed E-state index contributed by atoms with van der Waals surface area (Å²) >= 11 is 0. The second kappa shape index (κ2) is 6.54. The molecule has 3 atom stereocenters. The van der Waals surface area contributed by atoms with Gasteiger partial charge in [0.1, 0.15) is 6.10 Å². The average Bonchev–Trinajstić information content (AvgIpc) is 2.42. The lowest BCUT2D eigenvalue weighted by Crippen LogP contribution is -2.40. The van der Waals surface area contributed by atoms with Gasteiger partial charge in [0.25, 0.3) is 0 Å². The van der Waals surface area contributed by atoms with Crippen molar-refractivity contribution in [1.29, 1.82) is 0 Å². The molecule has 1 aliphatic heterocycles. The Kier molecular flexibility index (Phi) is 4.75. The molecule has 3 unspecified atom stereocenters. The zero-order valence-electron chi connectivity index (χ0n) is 10.4. The van der Waals surface area contributed by atoms with Gasteiger partial charge in [-0.3, -0.25) is 0 Å². The topological polar surface area (TPSA) is 47.9 Å². The summed E-state index contributed by atoms with van der Waals surface area (Å²) in [6, 6.07) is 9.72. The lowest BCUT2D eigenvalue weighted by Gasteiger charge is -2.33. The van der Waals surface area contributed by atoms with E-state index < -0.39 is 12.4 Å². The number of rotatable bonds is 4. The fourth-order valence-electron chi connectivity index (χ4n) is 1.87. The van der Waals surface area contributed by atoms with Crippen LogP contribution >= 0.6 is 0 Å². The summed E-state index contributed by atoms with van der Waals surface area (Å²) in [7, 11) is 1.59. The molecular weight excluding hydrogens is 232 g/mol. The van der Waals surface area contributed by atoms with Crippen LogP contribution in [0.25, 0.3) is 0 Å². The first-order valence-corrected chi connectivity index (χ1v) is 5.99. The van der Waals surface area contributed by atoms with E-state index in [2.05, 4.69) is 0 Å². The quantitative estimate of drug-likeness (QED) is 0.830. The summed E-state index contributed by atoms with van der Waals surface area (Å²) < 4.78 is 16.1. The van der Waals surface area contributed by atoms with E-state index in [0.29, 0.717) is 6.42 Å². The molecule has 0 radical (unpaired) electrons. The Labute approximate surface area is 107 Å². The van der Waals surface area contributed by atoms with Crippen molar-refractivity contribution in [2.75, 3.05) is 13.7 Å². The Hall–Kier alpha value is -1.36. The molecule has 1 heterocycles. The van der Waals surface area contributed by atoms with Gasteiger partial charge in [-0.25, -0.2) is 0 Å². The Bertz CT molecular complexity index is 377.